The van der Waals surface area contributed by atoms with Gasteiger partial charge in [-0.3, -0.25) is 4.57 Å². The topological polar surface area (TPSA) is 38.9 Å². The van der Waals surface area contributed by atoms with Crippen LogP contribution in [0.3, 0.4) is 0 Å². The van der Waals surface area contributed by atoms with E-state index in [-0.39, 0.29) is 0 Å². The average Bonchev–Trinajstić information content (AvgIpc) is 3.71. The zero-order valence-electron chi connectivity index (χ0n) is 27.6. The molecule has 0 atom stereocenters. The molecule has 50 heavy (non-hydrogen) atoms. The first-order valence-electron chi connectivity index (χ1n) is 16.8. The number of rotatable bonds is 7. The minimum Gasteiger partial charge on any atom is -0.327 e. The first-order valence-corrected chi connectivity index (χ1v) is 16.8. The first kappa shape index (κ1) is 29.4. The molecule has 0 aliphatic heterocycles. The first-order chi connectivity index (χ1) is 24.7. The molecule has 0 saturated carbocycles. The summed E-state index contributed by atoms with van der Waals surface area (Å²) in [6.45, 7) is 0. The summed E-state index contributed by atoms with van der Waals surface area (Å²) in [5, 5.41) is 1.16. The van der Waals surface area contributed by atoms with Gasteiger partial charge < -0.3 is 9.47 Å². The van der Waals surface area contributed by atoms with Crippen LogP contribution in [0.25, 0.3) is 61.5 Å². The SMILES string of the molecule is Cn1c(-c2cccc(N(c3ccccc3)c3ccc4c(-c5ccccc5)c(-c5ccccc5)n(-c5ccccn5)c4c3)c2)nc2ccccc21. The van der Waals surface area contributed by atoms with Crippen LogP contribution in [0, 0.1) is 0 Å². The van der Waals surface area contributed by atoms with E-state index in [9.17, 15) is 0 Å². The molecule has 0 aliphatic carbocycles. The zero-order chi connectivity index (χ0) is 33.4. The summed E-state index contributed by atoms with van der Waals surface area (Å²) < 4.78 is 4.48. The van der Waals surface area contributed by atoms with E-state index < -0.39 is 0 Å². The number of aryl methyl sites for hydroxylation is 1. The Morgan fingerprint density at radius 3 is 1.88 bits per heavy atom. The summed E-state index contributed by atoms with van der Waals surface area (Å²) in [5.74, 6) is 1.80. The van der Waals surface area contributed by atoms with Gasteiger partial charge in [0.25, 0.3) is 0 Å². The number of fused-ring (bicyclic) bond motifs is 2. The lowest BCUT2D eigenvalue weighted by Crippen LogP contribution is -2.10. The molecule has 0 unspecified atom stereocenters. The highest BCUT2D eigenvalue weighted by Gasteiger charge is 2.24. The molecule has 0 radical (unpaired) electrons. The second-order valence-corrected chi connectivity index (χ2v) is 12.4. The third-order valence-corrected chi connectivity index (χ3v) is 9.36. The molecule has 0 amide bonds. The highest BCUT2D eigenvalue weighted by atomic mass is 15.1. The normalized spacial score (nSPS) is 11.3. The van der Waals surface area contributed by atoms with Gasteiger partial charge >= 0.3 is 0 Å². The van der Waals surface area contributed by atoms with Gasteiger partial charge in [-0.25, -0.2) is 9.97 Å². The Labute approximate surface area is 291 Å². The van der Waals surface area contributed by atoms with E-state index in [1.807, 2.05) is 18.3 Å². The number of pyridine rings is 1. The molecule has 9 aromatic rings. The van der Waals surface area contributed by atoms with Crippen LogP contribution in [0.15, 0.2) is 182 Å². The molecule has 0 N–H and O–H groups in total. The Kier molecular flexibility index (Phi) is 7.29. The van der Waals surface area contributed by atoms with Crippen molar-refractivity contribution in [2.75, 3.05) is 4.90 Å². The maximum atomic E-state index is 5.02. The lowest BCUT2D eigenvalue weighted by molar-refractivity contribution is 0.959. The van der Waals surface area contributed by atoms with E-state index in [1.54, 1.807) is 0 Å². The van der Waals surface area contributed by atoms with E-state index >= 15 is 0 Å². The van der Waals surface area contributed by atoms with Crippen LogP contribution in [0.2, 0.25) is 0 Å². The summed E-state index contributed by atoms with van der Waals surface area (Å²) in [6, 6.07) is 61.8. The Hall–Kier alpha value is -6.72. The highest BCUT2D eigenvalue weighted by Crippen LogP contribution is 2.45. The van der Waals surface area contributed by atoms with Gasteiger partial charge in [-0.1, -0.05) is 115 Å². The Morgan fingerprint density at radius 2 is 1.14 bits per heavy atom. The molecule has 0 saturated heterocycles. The molecular formula is C45H33N5. The van der Waals surface area contributed by atoms with Crippen LogP contribution in [0.5, 0.6) is 0 Å². The minimum absolute atomic E-state index is 0.866. The molecule has 238 valence electrons. The third kappa shape index (κ3) is 5.04. The molecule has 5 heteroatoms. The summed E-state index contributed by atoms with van der Waals surface area (Å²) in [5.41, 5.74) is 12.0. The number of aromatic nitrogens is 4. The molecule has 0 aliphatic rings. The van der Waals surface area contributed by atoms with Crippen LogP contribution < -0.4 is 4.90 Å². The monoisotopic (exact) mass is 643 g/mol. The van der Waals surface area contributed by atoms with Gasteiger partial charge in [-0.15, -0.1) is 0 Å². The van der Waals surface area contributed by atoms with Crippen LogP contribution in [0.4, 0.5) is 17.1 Å². The minimum atomic E-state index is 0.866. The number of hydrogen-bond acceptors (Lipinski definition) is 3. The van der Waals surface area contributed by atoms with Crippen molar-refractivity contribution >= 4 is 39.0 Å². The lowest BCUT2D eigenvalue weighted by atomic mass is 9.98. The second kappa shape index (κ2) is 12.4. The van der Waals surface area contributed by atoms with Crippen molar-refractivity contribution in [3.05, 3.63) is 182 Å². The lowest BCUT2D eigenvalue weighted by Gasteiger charge is -2.26. The van der Waals surface area contributed by atoms with Gasteiger partial charge in [0.15, 0.2) is 0 Å². The Balaban J connectivity index is 1.30. The van der Waals surface area contributed by atoms with E-state index in [1.165, 1.54) is 5.56 Å². The number of anilines is 3. The average molecular weight is 644 g/mol. The molecule has 3 aromatic heterocycles. The maximum Gasteiger partial charge on any atom is 0.140 e. The van der Waals surface area contributed by atoms with E-state index in [0.29, 0.717) is 0 Å². The fourth-order valence-corrected chi connectivity index (χ4v) is 7.12. The standard InChI is InChI=1S/C45H33N5/c1-48-40-25-12-11-24-39(40)47-45(48)34-20-15-23-36(30-34)49(35-21-9-4-10-22-35)37-27-28-38-41(31-37)50(42-26-13-14-29-46-42)44(33-18-7-3-8-19-33)43(38)32-16-5-2-6-17-32/h2-31H,1H3. The Morgan fingerprint density at radius 1 is 0.500 bits per heavy atom. The van der Waals surface area contributed by atoms with Gasteiger partial charge in [-0.05, 0) is 71.8 Å². The van der Waals surface area contributed by atoms with Crippen molar-refractivity contribution in [1.29, 1.82) is 0 Å². The fourth-order valence-electron chi connectivity index (χ4n) is 7.12. The van der Waals surface area contributed by atoms with Gasteiger partial charge in [0.2, 0.25) is 0 Å². The molecule has 3 heterocycles. The van der Waals surface area contributed by atoms with Crippen LogP contribution in [0.1, 0.15) is 0 Å². The van der Waals surface area contributed by atoms with Gasteiger partial charge in [0.05, 0.1) is 22.2 Å². The maximum absolute atomic E-state index is 5.02. The largest absolute Gasteiger partial charge is 0.327 e. The van der Waals surface area contributed by atoms with Crippen LogP contribution >= 0.6 is 0 Å². The van der Waals surface area contributed by atoms with E-state index in [0.717, 1.165) is 73.0 Å². The number of hydrogen-bond donors (Lipinski definition) is 0. The molecular weight excluding hydrogens is 611 g/mol. The van der Waals surface area contributed by atoms with E-state index in [2.05, 4.69) is 185 Å². The zero-order valence-corrected chi connectivity index (χ0v) is 27.6. The van der Waals surface area contributed by atoms with Gasteiger partial charge in [0.1, 0.15) is 11.6 Å². The number of para-hydroxylation sites is 3. The molecule has 9 rings (SSSR count). The quantitative estimate of drug-likeness (QED) is 0.173. The number of imidazole rings is 1. The van der Waals surface area contributed by atoms with E-state index in [4.69, 9.17) is 9.97 Å². The fraction of sp³-hybridized carbons (Fsp3) is 0.0222. The van der Waals surface area contributed by atoms with Crippen LogP contribution in [-0.4, -0.2) is 19.1 Å². The smallest absolute Gasteiger partial charge is 0.140 e. The molecule has 0 fully saturated rings. The summed E-state index contributed by atoms with van der Waals surface area (Å²) in [7, 11) is 2.08. The molecule has 5 nitrogen and oxygen atoms in total. The van der Waals surface area contributed by atoms with Crippen molar-refractivity contribution in [3.63, 3.8) is 0 Å². The molecule has 0 bridgehead atoms. The highest BCUT2D eigenvalue weighted by molar-refractivity contribution is 6.07. The Bertz CT molecular complexity index is 2590. The molecule has 6 aromatic carbocycles. The van der Waals surface area contributed by atoms with Crippen molar-refractivity contribution in [2.45, 2.75) is 0 Å². The van der Waals surface area contributed by atoms with Crippen LogP contribution in [-0.2, 0) is 7.05 Å². The van der Waals surface area contributed by atoms with Crippen molar-refractivity contribution in [3.8, 4) is 39.6 Å². The van der Waals surface area contributed by atoms with Gasteiger partial charge in [-0.2, -0.15) is 0 Å². The summed E-state index contributed by atoms with van der Waals surface area (Å²) >= 11 is 0. The molecule has 0 spiro atoms. The number of nitrogens with zero attached hydrogens (tertiary/aromatic N) is 5. The van der Waals surface area contributed by atoms with Crippen molar-refractivity contribution in [2.24, 2.45) is 7.05 Å². The van der Waals surface area contributed by atoms with Crippen molar-refractivity contribution in [1.82, 2.24) is 19.1 Å². The van der Waals surface area contributed by atoms with Crippen molar-refractivity contribution < 1.29 is 0 Å². The predicted octanol–water partition coefficient (Wildman–Crippen LogP) is 11.4. The second-order valence-electron chi connectivity index (χ2n) is 12.4. The summed E-state index contributed by atoms with van der Waals surface area (Å²) in [4.78, 5) is 12.2. The summed E-state index contributed by atoms with van der Waals surface area (Å²) in [6.07, 6.45) is 1.87. The van der Waals surface area contributed by atoms with Gasteiger partial charge in [0, 0.05) is 46.8 Å². The predicted molar refractivity (Wildman–Crippen MR) is 206 cm³/mol. The third-order valence-electron chi connectivity index (χ3n) is 9.36. The number of benzene rings is 6.